The molecule has 0 heterocycles. The highest BCUT2D eigenvalue weighted by Crippen LogP contribution is 2.28. The number of rotatable bonds is 6. The second kappa shape index (κ2) is 6.94. The van der Waals surface area contributed by atoms with Crippen molar-refractivity contribution in [3.05, 3.63) is 29.8 Å². The van der Waals surface area contributed by atoms with Crippen LogP contribution < -0.4 is 10.1 Å². The van der Waals surface area contributed by atoms with E-state index in [0.29, 0.717) is 30.4 Å². The highest BCUT2D eigenvalue weighted by Gasteiger charge is 2.31. The van der Waals surface area contributed by atoms with Crippen LogP contribution in [0.2, 0.25) is 0 Å². The van der Waals surface area contributed by atoms with Crippen LogP contribution in [-0.2, 0) is 0 Å². The first-order valence-corrected chi connectivity index (χ1v) is 7.72. The number of hydrogen-bond donors (Lipinski definition) is 2. The van der Waals surface area contributed by atoms with Gasteiger partial charge in [0.05, 0.1) is 12.2 Å². The number of ether oxygens (including phenoxy) is 1. The molecule has 0 radical (unpaired) electrons. The summed E-state index contributed by atoms with van der Waals surface area (Å²) in [4.78, 5) is 12.2. The topological polar surface area (TPSA) is 58.6 Å². The molecule has 2 N–H and O–H groups in total. The molecule has 0 atom stereocenters. The van der Waals surface area contributed by atoms with Gasteiger partial charge in [0.2, 0.25) is 0 Å². The summed E-state index contributed by atoms with van der Waals surface area (Å²) in [5.74, 6) is 0.986. The first-order valence-electron chi connectivity index (χ1n) is 7.72. The molecule has 1 aromatic carbocycles. The van der Waals surface area contributed by atoms with Gasteiger partial charge >= 0.3 is 0 Å². The SMILES string of the molecule is CC(C)COc1cccc(C(=O)NCC2(O)CCCC2)c1. The largest absolute Gasteiger partial charge is 0.493 e. The van der Waals surface area contributed by atoms with Gasteiger partial charge in [-0.25, -0.2) is 0 Å². The average Bonchev–Trinajstić information content (AvgIpc) is 2.90. The zero-order valence-electron chi connectivity index (χ0n) is 12.9. The Hall–Kier alpha value is -1.55. The molecular formula is C17H25NO3. The molecule has 1 saturated carbocycles. The molecule has 0 unspecified atom stereocenters. The summed E-state index contributed by atoms with van der Waals surface area (Å²) >= 11 is 0. The number of nitrogens with one attached hydrogen (secondary N) is 1. The number of amides is 1. The maximum Gasteiger partial charge on any atom is 0.251 e. The molecule has 1 aromatic rings. The second-order valence-electron chi connectivity index (χ2n) is 6.35. The second-order valence-corrected chi connectivity index (χ2v) is 6.35. The smallest absolute Gasteiger partial charge is 0.251 e. The van der Waals surface area contributed by atoms with Crippen LogP contribution in [0.25, 0.3) is 0 Å². The van der Waals surface area contributed by atoms with Gasteiger partial charge in [-0.15, -0.1) is 0 Å². The quantitative estimate of drug-likeness (QED) is 0.847. The van der Waals surface area contributed by atoms with Gasteiger partial charge in [-0.3, -0.25) is 4.79 Å². The number of carbonyl (C=O) groups is 1. The van der Waals surface area contributed by atoms with E-state index < -0.39 is 5.60 Å². The van der Waals surface area contributed by atoms with Crippen molar-refractivity contribution in [2.75, 3.05) is 13.2 Å². The van der Waals surface area contributed by atoms with Crippen molar-refractivity contribution in [2.45, 2.75) is 45.1 Å². The van der Waals surface area contributed by atoms with Crippen LogP contribution >= 0.6 is 0 Å². The van der Waals surface area contributed by atoms with E-state index in [0.717, 1.165) is 25.7 Å². The molecule has 0 saturated heterocycles. The molecule has 21 heavy (non-hydrogen) atoms. The molecule has 0 bridgehead atoms. The first-order chi connectivity index (χ1) is 9.98. The number of hydrogen-bond acceptors (Lipinski definition) is 3. The minimum absolute atomic E-state index is 0.162. The third-order valence-electron chi connectivity index (χ3n) is 3.79. The summed E-state index contributed by atoms with van der Waals surface area (Å²) in [7, 11) is 0. The van der Waals surface area contributed by atoms with Gasteiger partial charge in [-0.05, 0) is 37.0 Å². The van der Waals surface area contributed by atoms with E-state index in [2.05, 4.69) is 19.2 Å². The Morgan fingerprint density at radius 1 is 1.38 bits per heavy atom. The van der Waals surface area contributed by atoms with Gasteiger partial charge in [0.15, 0.2) is 0 Å². The Morgan fingerprint density at radius 2 is 2.10 bits per heavy atom. The molecule has 0 spiro atoms. The molecule has 0 aromatic heterocycles. The molecule has 2 rings (SSSR count). The van der Waals surface area contributed by atoms with Crippen molar-refractivity contribution >= 4 is 5.91 Å². The molecule has 116 valence electrons. The van der Waals surface area contributed by atoms with Crippen molar-refractivity contribution in [1.82, 2.24) is 5.32 Å². The Bertz CT molecular complexity index is 479. The maximum atomic E-state index is 12.2. The van der Waals surface area contributed by atoms with Crippen molar-refractivity contribution in [3.63, 3.8) is 0 Å². The van der Waals surface area contributed by atoms with E-state index >= 15 is 0 Å². The lowest BCUT2D eigenvalue weighted by Gasteiger charge is -2.22. The van der Waals surface area contributed by atoms with E-state index in [1.54, 1.807) is 12.1 Å². The highest BCUT2D eigenvalue weighted by atomic mass is 16.5. The molecule has 4 heteroatoms. The molecular weight excluding hydrogens is 266 g/mol. The van der Waals surface area contributed by atoms with Crippen LogP contribution in [0, 0.1) is 5.92 Å². The fraction of sp³-hybridized carbons (Fsp3) is 0.588. The fourth-order valence-electron chi connectivity index (χ4n) is 2.55. The highest BCUT2D eigenvalue weighted by molar-refractivity contribution is 5.94. The zero-order valence-corrected chi connectivity index (χ0v) is 12.9. The van der Waals surface area contributed by atoms with Crippen molar-refractivity contribution < 1.29 is 14.6 Å². The molecule has 0 aliphatic heterocycles. The lowest BCUT2D eigenvalue weighted by Crippen LogP contribution is -2.40. The molecule has 1 amide bonds. The summed E-state index contributed by atoms with van der Waals surface area (Å²) < 4.78 is 5.63. The summed E-state index contributed by atoms with van der Waals surface area (Å²) in [6, 6.07) is 7.17. The van der Waals surface area contributed by atoms with Crippen LogP contribution in [0.3, 0.4) is 0 Å². The summed E-state index contributed by atoms with van der Waals surface area (Å²) in [6.07, 6.45) is 3.60. The maximum absolute atomic E-state index is 12.2. The van der Waals surface area contributed by atoms with Crippen LogP contribution in [-0.4, -0.2) is 29.8 Å². The Kier molecular flexibility index (Phi) is 5.23. The number of aliphatic hydroxyl groups is 1. The molecule has 1 aliphatic rings. The third kappa shape index (κ3) is 4.74. The van der Waals surface area contributed by atoms with Gasteiger partial charge in [0.25, 0.3) is 5.91 Å². The van der Waals surface area contributed by atoms with Gasteiger partial charge < -0.3 is 15.2 Å². The Morgan fingerprint density at radius 3 is 2.76 bits per heavy atom. The molecule has 1 aliphatic carbocycles. The number of benzene rings is 1. The van der Waals surface area contributed by atoms with Crippen LogP contribution in [0.5, 0.6) is 5.75 Å². The predicted octanol–water partition coefficient (Wildman–Crippen LogP) is 2.76. The fourth-order valence-corrected chi connectivity index (χ4v) is 2.55. The van der Waals surface area contributed by atoms with Gasteiger partial charge in [-0.1, -0.05) is 32.8 Å². The minimum Gasteiger partial charge on any atom is -0.493 e. The third-order valence-corrected chi connectivity index (χ3v) is 3.79. The molecule has 1 fully saturated rings. The van der Waals surface area contributed by atoms with E-state index in [1.807, 2.05) is 12.1 Å². The van der Waals surface area contributed by atoms with Gasteiger partial charge in [0, 0.05) is 12.1 Å². The van der Waals surface area contributed by atoms with Crippen molar-refractivity contribution in [3.8, 4) is 5.75 Å². The van der Waals surface area contributed by atoms with E-state index in [9.17, 15) is 9.90 Å². The van der Waals surface area contributed by atoms with E-state index in [1.165, 1.54) is 0 Å². The summed E-state index contributed by atoms with van der Waals surface area (Å²) in [5.41, 5.74) is -0.153. The lowest BCUT2D eigenvalue weighted by atomic mass is 10.0. The Labute approximate surface area is 126 Å². The zero-order chi connectivity index (χ0) is 15.3. The molecule has 4 nitrogen and oxygen atoms in total. The monoisotopic (exact) mass is 291 g/mol. The standard InChI is InChI=1S/C17H25NO3/c1-13(2)11-21-15-7-5-6-14(10-15)16(19)18-12-17(20)8-3-4-9-17/h5-7,10,13,20H,3-4,8-9,11-12H2,1-2H3,(H,18,19). The summed E-state index contributed by atoms with van der Waals surface area (Å²) in [6.45, 7) is 5.12. The van der Waals surface area contributed by atoms with Crippen LogP contribution in [0.4, 0.5) is 0 Å². The van der Waals surface area contributed by atoms with E-state index in [-0.39, 0.29) is 5.91 Å². The summed E-state index contributed by atoms with van der Waals surface area (Å²) in [5, 5.41) is 13.1. The van der Waals surface area contributed by atoms with Crippen molar-refractivity contribution in [1.29, 1.82) is 0 Å². The number of carbonyl (C=O) groups excluding carboxylic acids is 1. The minimum atomic E-state index is -0.721. The van der Waals surface area contributed by atoms with Gasteiger partial charge in [0.1, 0.15) is 5.75 Å². The first kappa shape index (κ1) is 15.8. The van der Waals surface area contributed by atoms with Crippen LogP contribution in [0.15, 0.2) is 24.3 Å². The van der Waals surface area contributed by atoms with E-state index in [4.69, 9.17) is 4.74 Å². The normalized spacial score (nSPS) is 17.0. The predicted molar refractivity (Wildman–Crippen MR) is 82.5 cm³/mol. The lowest BCUT2D eigenvalue weighted by molar-refractivity contribution is 0.0449. The van der Waals surface area contributed by atoms with Crippen LogP contribution in [0.1, 0.15) is 49.9 Å². The van der Waals surface area contributed by atoms with Gasteiger partial charge in [-0.2, -0.15) is 0 Å². The average molecular weight is 291 g/mol. The Balaban J connectivity index is 1.91. The van der Waals surface area contributed by atoms with Crippen molar-refractivity contribution in [2.24, 2.45) is 5.92 Å².